The van der Waals surface area contributed by atoms with E-state index in [-0.39, 0.29) is 18.6 Å². The summed E-state index contributed by atoms with van der Waals surface area (Å²) in [6.07, 6.45) is 0.956. The lowest BCUT2D eigenvalue weighted by Gasteiger charge is -2.10. The fraction of sp³-hybridized carbons (Fsp3) is 0.875. The Balaban J connectivity index is 3.36. The number of nitrogens with one attached hydrogen (secondary N) is 1. The smallest absolute Gasteiger partial charge is 0.246 e. The van der Waals surface area contributed by atoms with Crippen LogP contribution >= 0.6 is 0 Å². The van der Waals surface area contributed by atoms with Crippen molar-refractivity contribution < 1.29 is 9.53 Å². The number of carbonyl (C=O) groups is 1. The van der Waals surface area contributed by atoms with Gasteiger partial charge in [0.1, 0.15) is 6.61 Å². The van der Waals surface area contributed by atoms with Gasteiger partial charge >= 0.3 is 0 Å². The predicted molar refractivity (Wildman–Crippen MR) is 44.4 cm³/mol. The van der Waals surface area contributed by atoms with Crippen LogP contribution < -0.4 is 5.32 Å². The van der Waals surface area contributed by atoms with Gasteiger partial charge in [0.2, 0.25) is 5.91 Å². The first-order valence-corrected chi connectivity index (χ1v) is 4.07. The molecule has 0 aromatic carbocycles. The van der Waals surface area contributed by atoms with Crippen molar-refractivity contribution in [3.63, 3.8) is 0 Å². The van der Waals surface area contributed by atoms with Gasteiger partial charge in [0, 0.05) is 12.6 Å². The standard InChI is InChI=1S/C8H17NO2/c1-4-7(3)9-8(10)6-11-5-2/h7H,4-6H2,1-3H3,(H,9,10). The van der Waals surface area contributed by atoms with Crippen molar-refractivity contribution in [3.8, 4) is 0 Å². The average Bonchev–Trinajstić information content (AvgIpc) is 2.00. The van der Waals surface area contributed by atoms with Gasteiger partial charge in [-0.15, -0.1) is 0 Å². The molecular formula is C8H17NO2. The minimum absolute atomic E-state index is 0.0267. The fourth-order valence-corrected chi connectivity index (χ4v) is 0.613. The van der Waals surface area contributed by atoms with E-state index in [0.29, 0.717) is 6.61 Å². The predicted octanol–water partition coefficient (Wildman–Crippen LogP) is 0.938. The van der Waals surface area contributed by atoms with Gasteiger partial charge in [-0.05, 0) is 20.3 Å². The van der Waals surface area contributed by atoms with Crippen LogP contribution in [0.3, 0.4) is 0 Å². The second kappa shape index (κ2) is 6.16. The third kappa shape index (κ3) is 5.85. The van der Waals surface area contributed by atoms with Gasteiger partial charge in [0.25, 0.3) is 0 Å². The van der Waals surface area contributed by atoms with Crippen molar-refractivity contribution >= 4 is 5.91 Å². The molecule has 0 saturated heterocycles. The average molecular weight is 159 g/mol. The molecule has 3 nitrogen and oxygen atoms in total. The molecule has 0 rings (SSSR count). The summed E-state index contributed by atoms with van der Waals surface area (Å²) in [5.74, 6) is -0.0267. The summed E-state index contributed by atoms with van der Waals surface area (Å²) >= 11 is 0. The molecule has 0 aliphatic rings. The minimum Gasteiger partial charge on any atom is -0.372 e. The van der Waals surface area contributed by atoms with Gasteiger partial charge in [-0.25, -0.2) is 0 Å². The Morgan fingerprint density at radius 2 is 2.18 bits per heavy atom. The molecular weight excluding hydrogens is 142 g/mol. The number of carbonyl (C=O) groups excluding carboxylic acids is 1. The quantitative estimate of drug-likeness (QED) is 0.648. The summed E-state index contributed by atoms with van der Waals surface area (Å²) in [4.78, 5) is 10.9. The molecule has 0 bridgehead atoms. The molecule has 66 valence electrons. The van der Waals surface area contributed by atoms with Gasteiger partial charge in [0.05, 0.1) is 0 Å². The summed E-state index contributed by atoms with van der Waals surface area (Å²) in [6.45, 7) is 6.65. The van der Waals surface area contributed by atoms with E-state index in [2.05, 4.69) is 5.32 Å². The van der Waals surface area contributed by atoms with E-state index in [0.717, 1.165) is 6.42 Å². The van der Waals surface area contributed by atoms with Crippen molar-refractivity contribution in [2.24, 2.45) is 0 Å². The molecule has 0 heterocycles. The molecule has 0 fully saturated rings. The lowest BCUT2D eigenvalue weighted by atomic mass is 10.2. The van der Waals surface area contributed by atoms with Crippen LogP contribution in [0.15, 0.2) is 0 Å². The molecule has 1 unspecified atom stereocenters. The molecule has 3 heteroatoms. The Hall–Kier alpha value is -0.570. The number of ether oxygens (including phenoxy) is 1. The highest BCUT2D eigenvalue weighted by molar-refractivity contribution is 5.77. The van der Waals surface area contributed by atoms with E-state index in [9.17, 15) is 4.79 Å². The molecule has 1 atom stereocenters. The van der Waals surface area contributed by atoms with E-state index in [1.54, 1.807) is 0 Å². The highest BCUT2D eigenvalue weighted by Gasteiger charge is 2.03. The Labute approximate surface area is 68.1 Å². The molecule has 0 spiro atoms. The highest BCUT2D eigenvalue weighted by atomic mass is 16.5. The molecule has 11 heavy (non-hydrogen) atoms. The van der Waals surface area contributed by atoms with Crippen molar-refractivity contribution in [3.05, 3.63) is 0 Å². The van der Waals surface area contributed by atoms with Crippen LogP contribution in [0, 0.1) is 0 Å². The van der Waals surface area contributed by atoms with Crippen LogP contribution in [0.4, 0.5) is 0 Å². The van der Waals surface area contributed by atoms with E-state index < -0.39 is 0 Å². The van der Waals surface area contributed by atoms with Crippen LogP contribution in [0.2, 0.25) is 0 Å². The van der Waals surface area contributed by atoms with E-state index in [1.165, 1.54) is 0 Å². The fourth-order valence-electron chi connectivity index (χ4n) is 0.613. The first kappa shape index (κ1) is 10.4. The van der Waals surface area contributed by atoms with Crippen LogP contribution in [-0.2, 0) is 9.53 Å². The summed E-state index contributed by atoms with van der Waals surface area (Å²) < 4.78 is 4.93. The number of amides is 1. The molecule has 0 aromatic rings. The van der Waals surface area contributed by atoms with Crippen LogP contribution in [-0.4, -0.2) is 25.2 Å². The molecule has 1 amide bonds. The summed E-state index contributed by atoms with van der Waals surface area (Å²) in [5, 5.41) is 2.80. The Morgan fingerprint density at radius 3 is 2.64 bits per heavy atom. The Bertz CT molecular complexity index is 115. The molecule has 0 saturated carbocycles. The highest BCUT2D eigenvalue weighted by Crippen LogP contribution is 1.87. The monoisotopic (exact) mass is 159 g/mol. The zero-order valence-electron chi connectivity index (χ0n) is 7.52. The summed E-state index contributed by atoms with van der Waals surface area (Å²) in [7, 11) is 0. The summed E-state index contributed by atoms with van der Waals surface area (Å²) in [6, 6.07) is 0.253. The zero-order chi connectivity index (χ0) is 8.69. The van der Waals surface area contributed by atoms with Crippen molar-refractivity contribution in [2.45, 2.75) is 33.2 Å². The molecule has 0 aromatic heterocycles. The van der Waals surface area contributed by atoms with Gasteiger partial charge in [-0.3, -0.25) is 4.79 Å². The molecule has 0 aliphatic heterocycles. The first-order chi connectivity index (χ1) is 5.20. The maximum absolute atomic E-state index is 10.9. The van der Waals surface area contributed by atoms with E-state index in [4.69, 9.17) is 4.74 Å². The molecule has 1 N–H and O–H groups in total. The van der Waals surface area contributed by atoms with E-state index >= 15 is 0 Å². The SMILES string of the molecule is CCOCC(=O)NC(C)CC. The lowest BCUT2D eigenvalue weighted by molar-refractivity contribution is -0.126. The minimum atomic E-state index is -0.0267. The second-order valence-corrected chi connectivity index (χ2v) is 2.51. The topological polar surface area (TPSA) is 38.3 Å². The van der Waals surface area contributed by atoms with Gasteiger partial charge in [-0.2, -0.15) is 0 Å². The van der Waals surface area contributed by atoms with Crippen LogP contribution in [0.5, 0.6) is 0 Å². The first-order valence-electron chi connectivity index (χ1n) is 4.07. The number of hydrogen-bond acceptors (Lipinski definition) is 2. The number of hydrogen-bond donors (Lipinski definition) is 1. The zero-order valence-corrected chi connectivity index (χ0v) is 7.52. The Morgan fingerprint density at radius 1 is 1.55 bits per heavy atom. The van der Waals surface area contributed by atoms with Crippen molar-refractivity contribution in [2.75, 3.05) is 13.2 Å². The van der Waals surface area contributed by atoms with Gasteiger partial charge in [0.15, 0.2) is 0 Å². The van der Waals surface area contributed by atoms with Crippen molar-refractivity contribution in [1.82, 2.24) is 5.32 Å². The van der Waals surface area contributed by atoms with Gasteiger partial charge < -0.3 is 10.1 Å². The number of rotatable bonds is 5. The maximum Gasteiger partial charge on any atom is 0.246 e. The van der Waals surface area contributed by atoms with Crippen LogP contribution in [0.25, 0.3) is 0 Å². The third-order valence-corrected chi connectivity index (χ3v) is 1.46. The molecule has 0 radical (unpaired) electrons. The third-order valence-electron chi connectivity index (χ3n) is 1.46. The normalized spacial score (nSPS) is 12.6. The largest absolute Gasteiger partial charge is 0.372 e. The second-order valence-electron chi connectivity index (χ2n) is 2.51. The van der Waals surface area contributed by atoms with E-state index in [1.807, 2.05) is 20.8 Å². The molecule has 0 aliphatic carbocycles. The maximum atomic E-state index is 10.9. The van der Waals surface area contributed by atoms with Crippen LogP contribution in [0.1, 0.15) is 27.2 Å². The van der Waals surface area contributed by atoms with Crippen molar-refractivity contribution in [1.29, 1.82) is 0 Å². The van der Waals surface area contributed by atoms with Gasteiger partial charge in [-0.1, -0.05) is 6.92 Å². The summed E-state index contributed by atoms with van der Waals surface area (Å²) in [5.41, 5.74) is 0. The lowest BCUT2D eigenvalue weighted by Crippen LogP contribution is -2.34. The Kier molecular flexibility index (Phi) is 5.84.